The Bertz CT molecular complexity index is 1700. The molecule has 0 bridgehead atoms. The molecule has 0 amide bonds. The summed E-state index contributed by atoms with van der Waals surface area (Å²) in [6.45, 7) is 0. The van der Waals surface area contributed by atoms with Crippen molar-refractivity contribution in [2.45, 2.75) is 9.92 Å². The van der Waals surface area contributed by atoms with Crippen molar-refractivity contribution in [1.29, 1.82) is 0 Å². The van der Waals surface area contributed by atoms with Gasteiger partial charge in [0.2, 0.25) is 0 Å². The number of pyridine rings is 2. The van der Waals surface area contributed by atoms with Gasteiger partial charge < -0.3 is 9.67 Å². The van der Waals surface area contributed by atoms with E-state index in [0.717, 1.165) is 26.7 Å². The summed E-state index contributed by atoms with van der Waals surface area (Å²) in [6, 6.07) is 26.5. The number of phenolic OH excluding ortho intramolecular Hbond substituents is 1. The molecule has 6 aromatic rings. The molecule has 0 spiro atoms. The van der Waals surface area contributed by atoms with Crippen LogP contribution in [0, 0.1) is 6.07 Å². The first-order valence-electron chi connectivity index (χ1n) is 10.7. The van der Waals surface area contributed by atoms with Gasteiger partial charge in [-0.2, -0.15) is 12.1 Å². The molecular weight excluding hydrogens is 597 g/mol. The number of rotatable bonds is 3. The van der Waals surface area contributed by atoms with Gasteiger partial charge in [-0.15, -0.1) is 11.5 Å². The molecule has 158 valence electrons. The molecule has 0 saturated heterocycles. The smallest absolute Gasteiger partial charge is 0.141 e. The van der Waals surface area contributed by atoms with Crippen LogP contribution in [0.5, 0.6) is 5.75 Å². The van der Waals surface area contributed by atoms with E-state index in [0.29, 0.717) is 33.8 Å². The minimum absolute atomic E-state index is 0. The van der Waals surface area contributed by atoms with Gasteiger partial charge in [0.1, 0.15) is 17.1 Å². The van der Waals surface area contributed by atoms with Crippen molar-refractivity contribution < 1.29 is 28.9 Å². The number of nitrogens with zero attached hydrogens (tertiary/aromatic N) is 3. The average Bonchev–Trinajstić information content (AvgIpc) is 3.15. The Kier molecular flexibility index (Phi) is 4.85. The number of benzene rings is 3. The van der Waals surface area contributed by atoms with E-state index in [-0.39, 0.29) is 26.8 Å². The molecule has 0 fully saturated rings. The summed E-state index contributed by atoms with van der Waals surface area (Å²) in [7, 11) is 0. The number of hydrogen-bond donors (Lipinski definition) is 1. The molecule has 3 heterocycles. The summed E-state index contributed by atoms with van der Waals surface area (Å²) in [6.07, 6.45) is 1.64. The predicted octanol–water partition coefficient (Wildman–Crippen LogP) is 6.38. The van der Waals surface area contributed by atoms with Crippen molar-refractivity contribution in [2.75, 3.05) is 0 Å². The first-order chi connectivity index (χ1) is 16.1. The number of hydrogen-bond acceptors (Lipinski definition) is 4. The predicted molar refractivity (Wildman–Crippen MR) is 125 cm³/mol. The maximum atomic E-state index is 10.2. The first kappa shape index (κ1) is 18.4. The topological polar surface area (TPSA) is 50.9 Å². The zero-order valence-corrected chi connectivity index (χ0v) is 19.6. The van der Waals surface area contributed by atoms with Crippen molar-refractivity contribution in [2.24, 2.45) is 0 Å². The number of phenols is 1. The number of fused-ring (bicyclic) bond motifs is 4. The van der Waals surface area contributed by atoms with Gasteiger partial charge in [-0.05, 0) is 41.8 Å². The third-order valence-corrected chi connectivity index (χ3v) is 6.08. The van der Waals surface area contributed by atoms with E-state index in [1.165, 1.54) is 17.8 Å². The van der Waals surface area contributed by atoms with Crippen LogP contribution in [-0.2, 0) is 21.1 Å². The van der Waals surface area contributed by atoms with Gasteiger partial charge >= 0.3 is 0 Å². The SMILES string of the molecule is [2H]c1ccnc(-n2c3[c-]c(Sc4ccc5c([2H])ccc(O)c5n4)ccc3c3ccccc32)c1.[Pt]. The molecule has 0 saturated carbocycles. The fraction of sp³-hybridized carbons (Fsp3) is 0. The van der Waals surface area contributed by atoms with Crippen LogP contribution in [0.15, 0.2) is 101 Å². The average molecular weight is 616 g/mol. The molecule has 6 heteroatoms. The summed E-state index contributed by atoms with van der Waals surface area (Å²) in [5.74, 6) is 0.730. The zero-order chi connectivity index (χ0) is 22.5. The van der Waals surface area contributed by atoms with Crippen molar-refractivity contribution in [3.8, 4) is 11.6 Å². The number of aromatic nitrogens is 3. The molecule has 4 nitrogen and oxygen atoms in total. The Labute approximate surface area is 206 Å². The Morgan fingerprint density at radius 2 is 1.84 bits per heavy atom. The van der Waals surface area contributed by atoms with Gasteiger partial charge in [0.05, 0.1) is 7.77 Å². The second kappa shape index (κ2) is 8.42. The van der Waals surface area contributed by atoms with Crippen LogP contribution < -0.4 is 0 Å². The van der Waals surface area contributed by atoms with E-state index in [1.54, 1.807) is 24.4 Å². The van der Waals surface area contributed by atoms with Crippen LogP contribution in [0.1, 0.15) is 2.74 Å². The van der Waals surface area contributed by atoms with E-state index >= 15 is 0 Å². The van der Waals surface area contributed by atoms with Gasteiger partial charge in [0.15, 0.2) is 0 Å². The van der Waals surface area contributed by atoms with Crippen LogP contribution in [-0.4, -0.2) is 19.6 Å². The molecule has 0 radical (unpaired) electrons. The minimum Gasteiger partial charge on any atom is -0.506 e. The molecule has 6 rings (SSSR count). The van der Waals surface area contributed by atoms with Crippen molar-refractivity contribution in [3.63, 3.8) is 0 Å². The fourth-order valence-corrected chi connectivity index (χ4v) is 4.60. The van der Waals surface area contributed by atoms with E-state index in [4.69, 9.17) is 2.74 Å². The Balaban J connectivity index is 0.00000241. The summed E-state index contributed by atoms with van der Waals surface area (Å²) >= 11 is 1.44. The van der Waals surface area contributed by atoms with Crippen LogP contribution in [0.3, 0.4) is 0 Å². The summed E-state index contributed by atoms with van der Waals surface area (Å²) < 4.78 is 18.1. The molecule has 0 unspecified atom stereocenters. The molecule has 0 atom stereocenters. The summed E-state index contributed by atoms with van der Waals surface area (Å²) in [5.41, 5.74) is 2.29. The second-order valence-electron chi connectivity index (χ2n) is 7.06. The van der Waals surface area contributed by atoms with E-state index in [2.05, 4.69) is 28.2 Å². The van der Waals surface area contributed by atoms with Crippen molar-refractivity contribution in [1.82, 2.24) is 14.5 Å². The Morgan fingerprint density at radius 3 is 2.75 bits per heavy atom. The monoisotopic (exact) mass is 615 g/mol. The quantitative estimate of drug-likeness (QED) is 0.235. The molecule has 1 N–H and O–H groups in total. The van der Waals surface area contributed by atoms with Crippen LogP contribution >= 0.6 is 11.8 Å². The number of aromatic hydroxyl groups is 1. The van der Waals surface area contributed by atoms with Gasteiger partial charge in [0, 0.05) is 38.2 Å². The molecule has 0 aliphatic carbocycles. The zero-order valence-electron chi connectivity index (χ0n) is 18.5. The van der Waals surface area contributed by atoms with E-state index in [9.17, 15) is 5.11 Å². The van der Waals surface area contributed by atoms with Gasteiger partial charge in [0.25, 0.3) is 0 Å². The Hall–Kier alpha value is -3.14. The third-order valence-electron chi connectivity index (χ3n) is 5.18. The largest absolute Gasteiger partial charge is 0.506 e. The van der Waals surface area contributed by atoms with Gasteiger partial charge in [-0.1, -0.05) is 58.5 Å². The normalized spacial score (nSPS) is 12.0. The maximum Gasteiger partial charge on any atom is 0.141 e. The fourth-order valence-electron chi connectivity index (χ4n) is 3.82. The standard InChI is InChI=1S/C26H16N3OS.Pt/c30-23-9-5-6-17-11-14-25(28-26(17)23)31-18-12-13-20-19-7-1-2-8-21(19)29(22(20)16-18)24-10-3-4-15-27-24;/h1-15,30H;/q-1;/i3D,6D;. The van der Waals surface area contributed by atoms with Crippen molar-refractivity contribution in [3.05, 3.63) is 97.1 Å². The van der Waals surface area contributed by atoms with Gasteiger partial charge in [-0.25, -0.2) is 9.97 Å². The maximum absolute atomic E-state index is 10.2. The molecule has 0 aliphatic rings. The first-order valence-corrected chi connectivity index (χ1v) is 10.6. The van der Waals surface area contributed by atoms with Crippen LogP contribution in [0.25, 0.3) is 38.5 Å². The molecule has 0 aliphatic heterocycles. The third kappa shape index (κ3) is 3.48. The van der Waals surface area contributed by atoms with Crippen LogP contribution in [0.2, 0.25) is 0 Å². The minimum atomic E-state index is 0. The van der Waals surface area contributed by atoms with E-state index < -0.39 is 0 Å². The second-order valence-corrected chi connectivity index (χ2v) is 8.12. The van der Waals surface area contributed by atoms with Crippen LogP contribution in [0.4, 0.5) is 0 Å². The molecule has 3 aromatic carbocycles. The van der Waals surface area contributed by atoms with Gasteiger partial charge in [-0.3, -0.25) is 0 Å². The molecule has 32 heavy (non-hydrogen) atoms. The molecular formula is C26H16N3OPtS-. The Morgan fingerprint density at radius 1 is 0.938 bits per heavy atom. The van der Waals surface area contributed by atoms with Crippen molar-refractivity contribution >= 4 is 44.5 Å². The summed E-state index contributed by atoms with van der Waals surface area (Å²) in [5, 5.41) is 13.7. The summed E-state index contributed by atoms with van der Waals surface area (Å²) in [4.78, 5) is 9.94. The number of para-hydroxylation sites is 2. The van der Waals surface area contributed by atoms with E-state index in [1.807, 2.05) is 41.0 Å². The molecule has 3 aromatic heterocycles.